The normalized spacial score (nSPS) is 12.7. The van der Waals surface area contributed by atoms with Crippen LogP contribution in [0, 0.1) is 0 Å². The third-order valence-electron chi connectivity index (χ3n) is 2.22. The average molecular weight is 246 g/mol. The molecule has 0 heterocycles. The van der Waals surface area contributed by atoms with Gasteiger partial charge in [0.05, 0.1) is 5.02 Å². The Balaban J connectivity index is 2.47. The predicted octanol–water partition coefficient (Wildman–Crippen LogP) is 2.89. The lowest BCUT2D eigenvalue weighted by Crippen LogP contribution is -2.22. The first-order valence-corrected chi connectivity index (χ1v) is 6.51. The van der Waals surface area contributed by atoms with Gasteiger partial charge in [0.1, 0.15) is 5.75 Å². The molecular formula is C11H16ClNOS. The van der Waals surface area contributed by atoms with Crippen LogP contribution in [0.3, 0.4) is 0 Å². The quantitative estimate of drug-likeness (QED) is 0.837. The molecule has 0 bridgehead atoms. The molecule has 1 atom stereocenters. The van der Waals surface area contributed by atoms with Gasteiger partial charge < -0.3 is 10.4 Å². The van der Waals surface area contributed by atoms with Crippen LogP contribution in [-0.2, 0) is 6.54 Å². The van der Waals surface area contributed by atoms with Gasteiger partial charge in [0.25, 0.3) is 0 Å². The molecule has 15 heavy (non-hydrogen) atoms. The van der Waals surface area contributed by atoms with Crippen molar-refractivity contribution in [2.75, 3.05) is 12.8 Å². The maximum atomic E-state index is 9.64. The summed E-state index contributed by atoms with van der Waals surface area (Å²) in [5, 5.41) is 13.9. The van der Waals surface area contributed by atoms with Crippen LogP contribution >= 0.6 is 23.4 Å². The zero-order chi connectivity index (χ0) is 11.3. The number of aromatic hydroxyl groups is 1. The topological polar surface area (TPSA) is 32.3 Å². The Morgan fingerprint density at radius 1 is 1.53 bits per heavy atom. The minimum Gasteiger partial charge on any atom is -0.506 e. The first-order valence-electron chi connectivity index (χ1n) is 4.85. The molecule has 0 aliphatic rings. The molecule has 1 aromatic carbocycles. The first-order chi connectivity index (χ1) is 7.15. The Labute approximate surface area is 100 Å². The SMILES string of the molecule is CSC(C)CNCc1cccc(Cl)c1O. The fourth-order valence-electron chi connectivity index (χ4n) is 1.20. The largest absolute Gasteiger partial charge is 0.506 e. The molecule has 1 aromatic rings. The van der Waals surface area contributed by atoms with Crippen LogP contribution in [0.4, 0.5) is 0 Å². The lowest BCUT2D eigenvalue weighted by atomic mass is 10.2. The Kier molecular flexibility index (Phi) is 5.29. The van der Waals surface area contributed by atoms with Gasteiger partial charge in [0.2, 0.25) is 0 Å². The van der Waals surface area contributed by atoms with Crippen molar-refractivity contribution in [1.29, 1.82) is 0 Å². The second-order valence-electron chi connectivity index (χ2n) is 3.42. The number of benzene rings is 1. The van der Waals surface area contributed by atoms with Crippen molar-refractivity contribution in [2.45, 2.75) is 18.7 Å². The maximum absolute atomic E-state index is 9.64. The summed E-state index contributed by atoms with van der Waals surface area (Å²) in [5.74, 6) is 0.184. The average Bonchev–Trinajstić information content (AvgIpc) is 2.24. The monoisotopic (exact) mass is 245 g/mol. The molecule has 0 fully saturated rings. The molecule has 0 aliphatic carbocycles. The van der Waals surface area contributed by atoms with E-state index in [4.69, 9.17) is 11.6 Å². The molecule has 0 amide bonds. The molecule has 0 aliphatic heterocycles. The number of rotatable bonds is 5. The van der Waals surface area contributed by atoms with Crippen molar-refractivity contribution in [2.24, 2.45) is 0 Å². The summed E-state index contributed by atoms with van der Waals surface area (Å²) in [6.45, 7) is 3.74. The Bertz CT molecular complexity index is 319. The van der Waals surface area contributed by atoms with E-state index in [1.807, 2.05) is 23.9 Å². The molecule has 4 heteroatoms. The van der Waals surface area contributed by atoms with Gasteiger partial charge in [-0.3, -0.25) is 0 Å². The fourth-order valence-corrected chi connectivity index (χ4v) is 1.67. The summed E-state index contributed by atoms with van der Waals surface area (Å²) in [4.78, 5) is 0. The highest BCUT2D eigenvalue weighted by atomic mass is 35.5. The van der Waals surface area contributed by atoms with Crippen molar-refractivity contribution in [3.8, 4) is 5.75 Å². The third-order valence-corrected chi connectivity index (χ3v) is 3.50. The van der Waals surface area contributed by atoms with Crippen LogP contribution in [0.25, 0.3) is 0 Å². The molecule has 1 rings (SSSR count). The molecule has 84 valence electrons. The van der Waals surface area contributed by atoms with Crippen LogP contribution in [0.2, 0.25) is 5.02 Å². The molecule has 2 N–H and O–H groups in total. The van der Waals surface area contributed by atoms with Crippen molar-refractivity contribution >= 4 is 23.4 Å². The lowest BCUT2D eigenvalue weighted by molar-refractivity contribution is 0.465. The smallest absolute Gasteiger partial charge is 0.138 e. The number of phenols is 1. The molecule has 0 spiro atoms. The Hall–Kier alpha value is -0.380. The van der Waals surface area contributed by atoms with E-state index in [9.17, 15) is 5.11 Å². The van der Waals surface area contributed by atoms with Crippen molar-refractivity contribution in [3.05, 3.63) is 28.8 Å². The van der Waals surface area contributed by atoms with E-state index in [0.29, 0.717) is 16.8 Å². The Morgan fingerprint density at radius 2 is 2.27 bits per heavy atom. The molecule has 0 aromatic heterocycles. The van der Waals surface area contributed by atoms with Gasteiger partial charge in [-0.15, -0.1) is 0 Å². The van der Waals surface area contributed by atoms with Gasteiger partial charge in [-0.2, -0.15) is 11.8 Å². The molecule has 1 unspecified atom stereocenters. The zero-order valence-electron chi connectivity index (χ0n) is 8.96. The summed E-state index contributed by atoms with van der Waals surface area (Å²) in [7, 11) is 0. The standard InChI is InChI=1S/C11H16ClNOS/c1-8(15-2)6-13-7-9-4-3-5-10(12)11(9)14/h3-5,8,13-14H,6-7H2,1-2H3. The maximum Gasteiger partial charge on any atom is 0.138 e. The second-order valence-corrected chi connectivity index (χ2v) is 5.11. The van der Waals surface area contributed by atoms with Crippen LogP contribution in [0.5, 0.6) is 5.75 Å². The van der Waals surface area contributed by atoms with Crippen LogP contribution in [0.15, 0.2) is 18.2 Å². The second kappa shape index (κ2) is 6.26. The number of hydrogen-bond donors (Lipinski definition) is 2. The van der Waals surface area contributed by atoms with E-state index in [0.717, 1.165) is 12.1 Å². The molecule has 0 saturated heterocycles. The summed E-state index contributed by atoms with van der Waals surface area (Å²) >= 11 is 7.62. The lowest BCUT2D eigenvalue weighted by Gasteiger charge is -2.11. The number of halogens is 1. The molecular weight excluding hydrogens is 230 g/mol. The molecule has 2 nitrogen and oxygen atoms in total. The number of thioether (sulfide) groups is 1. The Morgan fingerprint density at radius 3 is 2.93 bits per heavy atom. The minimum absolute atomic E-state index is 0.184. The van der Waals surface area contributed by atoms with Crippen molar-refractivity contribution < 1.29 is 5.11 Å². The highest BCUT2D eigenvalue weighted by molar-refractivity contribution is 7.99. The van der Waals surface area contributed by atoms with E-state index in [1.54, 1.807) is 6.07 Å². The summed E-state index contributed by atoms with van der Waals surface area (Å²) < 4.78 is 0. The van der Waals surface area contributed by atoms with Gasteiger partial charge in [-0.25, -0.2) is 0 Å². The van der Waals surface area contributed by atoms with E-state index in [1.165, 1.54) is 0 Å². The van der Waals surface area contributed by atoms with E-state index in [2.05, 4.69) is 18.5 Å². The number of nitrogens with one attached hydrogen (secondary N) is 1. The van der Waals surface area contributed by atoms with Gasteiger partial charge in [0.15, 0.2) is 0 Å². The van der Waals surface area contributed by atoms with Crippen LogP contribution < -0.4 is 5.32 Å². The highest BCUT2D eigenvalue weighted by Crippen LogP contribution is 2.26. The zero-order valence-corrected chi connectivity index (χ0v) is 10.5. The summed E-state index contributed by atoms with van der Waals surface area (Å²) in [5.41, 5.74) is 0.843. The molecule has 0 radical (unpaired) electrons. The summed E-state index contributed by atoms with van der Waals surface area (Å²) in [6.07, 6.45) is 2.09. The third kappa shape index (κ3) is 3.93. The minimum atomic E-state index is 0.184. The van der Waals surface area contributed by atoms with Crippen LogP contribution in [-0.4, -0.2) is 23.2 Å². The van der Waals surface area contributed by atoms with E-state index < -0.39 is 0 Å². The van der Waals surface area contributed by atoms with Gasteiger partial charge in [-0.05, 0) is 12.3 Å². The van der Waals surface area contributed by atoms with Gasteiger partial charge in [0, 0.05) is 23.9 Å². The number of hydrogen-bond acceptors (Lipinski definition) is 3. The number of phenolic OH excluding ortho intramolecular Hbond substituents is 1. The van der Waals surface area contributed by atoms with E-state index in [-0.39, 0.29) is 5.75 Å². The highest BCUT2D eigenvalue weighted by Gasteiger charge is 2.05. The molecule has 0 saturated carbocycles. The summed E-state index contributed by atoms with van der Waals surface area (Å²) in [6, 6.07) is 5.40. The predicted molar refractivity (Wildman–Crippen MR) is 67.8 cm³/mol. The fraction of sp³-hybridized carbons (Fsp3) is 0.455. The van der Waals surface area contributed by atoms with E-state index >= 15 is 0 Å². The van der Waals surface area contributed by atoms with Crippen molar-refractivity contribution in [3.63, 3.8) is 0 Å². The van der Waals surface area contributed by atoms with Crippen LogP contribution in [0.1, 0.15) is 12.5 Å². The van der Waals surface area contributed by atoms with Gasteiger partial charge in [-0.1, -0.05) is 30.7 Å². The van der Waals surface area contributed by atoms with Gasteiger partial charge >= 0.3 is 0 Å². The first kappa shape index (κ1) is 12.7. The van der Waals surface area contributed by atoms with Crippen molar-refractivity contribution in [1.82, 2.24) is 5.32 Å². The number of para-hydroxylation sites is 1.